The van der Waals surface area contributed by atoms with Gasteiger partial charge in [0.25, 0.3) is 0 Å². The van der Waals surface area contributed by atoms with Crippen molar-refractivity contribution in [3.63, 3.8) is 0 Å². The van der Waals surface area contributed by atoms with Crippen molar-refractivity contribution in [2.24, 2.45) is 0 Å². The summed E-state index contributed by atoms with van der Waals surface area (Å²) in [6, 6.07) is 0. The number of nitrogens with one attached hydrogen (secondary N) is 1. The summed E-state index contributed by atoms with van der Waals surface area (Å²) in [5, 5.41) is 3.17. The summed E-state index contributed by atoms with van der Waals surface area (Å²) >= 11 is 0. The van der Waals surface area contributed by atoms with Gasteiger partial charge in [-0.2, -0.15) is 0 Å². The lowest BCUT2D eigenvalue weighted by molar-refractivity contribution is 0.154. The molecular weight excluding hydrogens is 252 g/mol. The van der Waals surface area contributed by atoms with Crippen LogP contribution in [-0.4, -0.2) is 43.3 Å². The fourth-order valence-electron chi connectivity index (χ4n) is 2.17. The number of rotatable bonds is 9. The van der Waals surface area contributed by atoms with Gasteiger partial charge in [0.15, 0.2) is 0 Å². The van der Waals surface area contributed by atoms with Crippen LogP contribution in [0.4, 0.5) is 11.6 Å². The molecule has 0 atom stereocenters. The molecule has 1 aromatic heterocycles. The molecule has 0 spiro atoms. The third-order valence-corrected chi connectivity index (χ3v) is 3.27. The highest BCUT2D eigenvalue weighted by Crippen LogP contribution is 2.23. The summed E-state index contributed by atoms with van der Waals surface area (Å²) in [7, 11) is 1.91. The van der Waals surface area contributed by atoms with Crippen molar-refractivity contribution < 1.29 is 4.74 Å². The number of nitrogens with zero attached hydrogens (tertiary/aromatic N) is 3. The van der Waals surface area contributed by atoms with Crippen molar-refractivity contribution >= 4 is 11.6 Å². The van der Waals surface area contributed by atoms with Gasteiger partial charge in [-0.25, -0.2) is 9.97 Å². The van der Waals surface area contributed by atoms with Gasteiger partial charge in [-0.05, 0) is 27.2 Å². The molecule has 0 saturated heterocycles. The Hall–Kier alpha value is -1.36. The van der Waals surface area contributed by atoms with E-state index in [2.05, 4.69) is 36.0 Å². The Kier molecular flexibility index (Phi) is 7.30. The molecule has 0 aliphatic carbocycles. The van der Waals surface area contributed by atoms with Gasteiger partial charge >= 0.3 is 0 Å². The summed E-state index contributed by atoms with van der Waals surface area (Å²) in [5.74, 6) is 2.86. The Morgan fingerprint density at radius 1 is 1.20 bits per heavy atom. The van der Waals surface area contributed by atoms with Crippen molar-refractivity contribution in [1.29, 1.82) is 0 Å². The number of hydrogen-bond donors (Lipinski definition) is 1. The molecule has 0 saturated carbocycles. The Balaban J connectivity index is 3.02. The van der Waals surface area contributed by atoms with Crippen LogP contribution in [0.3, 0.4) is 0 Å². The summed E-state index contributed by atoms with van der Waals surface area (Å²) in [4.78, 5) is 11.6. The maximum atomic E-state index is 5.46. The maximum Gasteiger partial charge on any atom is 0.137 e. The zero-order chi connectivity index (χ0) is 15.0. The molecule has 0 radical (unpaired) electrons. The smallest absolute Gasteiger partial charge is 0.137 e. The molecule has 0 amide bonds. The Labute approximate surface area is 122 Å². The molecule has 0 aromatic carbocycles. The first-order valence-electron chi connectivity index (χ1n) is 7.55. The molecule has 5 nitrogen and oxygen atoms in total. The molecule has 5 heteroatoms. The van der Waals surface area contributed by atoms with E-state index in [4.69, 9.17) is 9.72 Å². The van der Waals surface area contributed by atoms with Crippen LogP contribution in [0, 0.1) is 6.92 Å². The lowest BCUT2D eigenvalue weighted by Gasteiger charge is -2.25. The summed E-state index contributed by atoms with van der Waals surface area (Å²) in [5.41, 5.74) is 1.10. The number of aromatic nitrogens is 2. The van der Waals surface area contributed by atoms with Crippen molar-refractivity contribution in [3.8, 4) is 0 Å². The second-order valence-corrected chi connectivity index (χ2v) is 4.71. The molecule has 0 unspecified atom stereocenters. The second-order valence-electron chi connectivity index (χ2n) is 4.71. The highest BCUT2D eigenvalue weighted by atomic mass is 16.5. The standard InChI is InChI=1S/C15H28N4O/c1-6-9-13-17-14(16-5)12(4)15(18-13)19(7-2)10-11-20-8-3/h6-11H2,1-5H3,(H,16,17,18). The van der Waals surface area contributed by atoms with Crippen molar-refractivity contribution in [2.75, 3.05) is 43.6 Å². The average molecular weight is 280 g/mol. The lowest BCUT2D eigenvalue weighted by Crippen LogP contribution is -2.29. The Bertz CT molecular complexity index is 409. The predicted molar refractivity (Wildman–Crippen MR) is 84.7 cm³/mol. The molecule has 1 rings (SSSR count). The monoisotopic (exact) mass is 280 g/mol. The van der Waals surface area contributed by atoms with Crippen LogP contribution >= 0.6 is 0 Å². The van der Waals surface area contributed by atoms with E-state index in [0.717, 1.165) is 62.2 Å². The minimum atomic E-state index is 0.728. The largest absolute Gasteiger partial charge is 0.380 e. The van der Waals surface area contributed by atoms with E-state index < -0.39 is 0 Å². The molecule has 1 aromatic rings. The van der Waals surface area contributed by atoms with Crippen LogP contribution in [0.25, 0.3) is 0 Å². The first kappa shape index (κ1) is 16.7. The number of anilines is 2. The molecule has 20 heavy (non-hydrogen) atoms. The van der Waals surface area contributed by atoms with Crippen LogP contribution in [0.15, 0.2) is 0 Å². The van der Waals surface area contributed by atoms with E-state index >= 15 is 0 Å². The zero-order valence-corrected chi connectivity index (χ0v) is 13.5. The highest BCUT2D eigenvalue weighted by Gasteiger charge is 2.14. The van der Waals surface area contributed by atoms with Gasteiger partial charge in [-0.1, -0.05) is 6.92 Å². The molecule has 1 heterocycles. The Morgan fingerprint density at radius 3 is 2.50 bits per heavy atom. The SMILES string of the molecule is CCCc1nc(NC)c(C)c(N(CC)CCOCC)n1. The van der Waals surface area contributed by atoms with Crippen molar-refractivity contribution in [2.45, 2.75) is 40.5 Å². The quantitative estimate of drug-likeness (QED) is 0.705. The molecule has 1 N–H and O–H groups in total. The fourth-order valence-corrected chi connectivity index (χ4v) is 2.17. The van der Waals surface area contributed by atoms with Gasteiger partial charge in [0.05, 0.1) is 6.61 Å². The van der Waals surface area contributed by atoms with Crippen molar-refractivity contribution in [3.05, 3.63) is 11.4 Å². The molecule has 0 bridgehead atoms. The van der Waals surface area contributed by atoms with E-state index in [1.54, 1.807) is 0 Å². The molecule has 0 aliphatic heterocycles. The van der Waals surface area contributed by atoms with Gasteiger partial charge in [0.1, 0.15) is 17.5 Å². The number of aryl methyl sites for hydroxylation is 1. The first-order valence-corrected chi connectivity index (χ1v) is 7.55. The summed E-state index contributed by atoms with van der Waals surface area (Å²) in [6.07, 6.45) is 1.96. The lowest BCUT2D eigenvalue weighted by atomic mass is 10.2. The van der Waals surface area contributed by atoms with Gasteiger partial charge < -0.3 is 15.0 Å². The maximum absolute atomic E-state index is 5.46. The average Bonchev–Trinajstić information content (AvgIpc) is 2.46. The number of ether oxygens (including phenoxy) is 1. The van der Waals surface area contributed by atoms with Crippen LogP contribution < -0.4 is 10.2 Å². The summed E-state index contributed by atoms with van der Waals surface area (Å²) in [6.45, 7) is 11.6. The van der Waals surface area contributed by atoms with Gasteiger partial charge in [0, 0.05) is 38.7 Å². The van der Waals surface area contributed by atoms with E-state index in [-0.39, 0.29) is 0 Å². The molecule has 114 valence electrons. The van der Waals surface area contributed by atoms with E-state index in [9.17, 15) is 0 Å². The third kappa shape index (κ3) is 4.34. The minimum Gasteiger partial charge on any atom is -0.380 e. The fraction of sp³-hybridized carbons (Fsp3) is 0.733. The predicted octanol–water partition coefficient (Wildman–Crippen LogP) is 2.64. The molecule has 0 aliphatic rings. The minimum absolute atomic E-state index is 0.728. The zero-order valence-electron chi connectivity index (χ0n) is 13.5. The normalized spacial score (nSPS) is 10.7. The van der Waals surface area contributed by atoms with Crippen molar-refractivity contribution in [1.82, 2.24) is 9.97 Å². The van der Waals surface area contributed by atoms with Gasteiger partial charge in [0.2, 0.25) is 0 Å². The van der Waals surface area contributed by atoms with Crippen LogP contribution in [-0.2, 0) is 11.2 Å². The van der Waals surface area contributed by atoms with Crippen LogP contribution in [0.5, 0.6) is 0 Å². The highest BCUT2D eigenvalue weighted by molar-refractivity contribution is 5.58. The van der Waals surface area contributed by atoms with E-state index in [0.29, 0.717) is 0 Å². The van der Waals surface area contributed by atoms with Crippen LogP contribution in [0.1, 0.15) is 38.6 Å². The van der Waals surface area contributed by atoms with Crippen LogP contribution in [0.2, 0.25) is 0 Å². The number of likely N-dealkylation sites (N-methyl/N-ethyl adjacent to an activating group) is 1. The van der Waals surface area contributed by atoms with E-state index in [1.165, 1.54) is 0 Å². The van der Waals surface area contributed by atoms with Gasteiger partial charge in [-0.3, -0.25) is 0 Å². The molecule has 0 fully saturated rings. The first-order chi connectivity index (χ1) is 9.67. The number of hydrogen-bond acceptors (Lipinski definition) is 5. The van der Waals surface area contributed by atoms with Gasteiger partial charge in [-0.15, -0.1) is 0 Å². The second kappa shape index (κ2) is 8.74. The third-order valence-electron chi connectivity index (χ3n) is 3.27. The van der Waals surface area contributed by atoms with E-state index in [1.807, 2.05) is 14.0 Å². The Morgan fingerprint density at radius 2 is 1.95 bits per heavy atom. The topological polar surface area (TPSA) is 50.3 Å². The summed E-state index contributed by atoms with van der Waals surface area (Å²) < 4.78 is 5.46. The molecular formula is C15H28N4O.